The Bertz CT molecular complexity index is 124. The molecule has 0 rings (SSSR count). The second-order valence-electron chi connectivity index (χ2n) is 2.91. The van der Waals surface area contributed by atoms with E-state index in [-0.39, 0.29) is 5.78 Å². The van der Waals surface area contributed by atoms with Crippen molar-refractivity contribution in [3.8, 4) is 0 Å². The van der Waals surface area contributed by atoms with Gasteiger partial charge in [0.2, 0.25) is 0 Å². The topological polar surface area (TPSA) is 17.1 Å². The molecule has 0 aromatic rings. The lowest BCUT2D eigenvalue weighted by atomic mass is 10.1. The predicted molar refractivity (Wildman–Crippen MR) is 44.6 cm³/mol. The summed E-state index contributed by atoms with van der Waals surface area (Å²) < 4.78 is -1.20. The Morgan fingerprint density at radius 3 is 2.00 bits per heavy atom. The van der Waals surface area contributed by atoms with Crippen LogP contribution in [0.15, 0.2) is 0 Å². The first-order valence-corrected chi connectivity index (χ1v) is 4.00. The number of hydrogen-bond acceptors (Lipinski definition) is 1. The van der Waals surface area contributed by atoms with Crippen molar-refractivity contribution in [2.75, 3.05) is 0 Å². The number of rotatable bonds is 3. The molecule has 0 heterocycles. The molecule has 0 aromatic heterocycles. The third-order valence-corrected chi connectivity index (χ3v) is 1.50. The molecule has 3 heteroatoms. The molecule has 0 saturated heterocycles. The average molecular weight is 183 g/mol. The summed E-state index contributed by atoms with van der Waals surface area (Å²) in [6.45, 7) is 5.41. The molecule has 0 aliphatic heterocycles. The molecule has 10 heavy (non-hydrogen) atoms. The van der Waals surface area contributed by atoms with Crippen LogP contribution in [0, 0.1) is 5.92 Å². The first kappa shape index (κ1) is 10.2. The van der Waals surface area contributed by atoms with Gasteiger partial charge in [-0.25, -0.2) is 0 Å². The molecule has 0 radical (unpaired) electrons. The third kappa shape index (κ3) is 4.13. The van der Waals surface area contributed by atoms with E-state index in [1.165, 1.54) is 6.92 Å². The minimum absolute atomic E-state index is 0.106. The van der Waals surface area contributed by atoms with Gasteiger partial charge in [0.05, 0.1) is 0 Å². The van der Waals surface area contributed by atoms with Crippen LogP contribution in [0.4, 0.5) is 0 Å². The molecule has 0 aliphatic carbocycles. The summed E-state index contributed by atoms with van der Waals surface area (Å²) in [6.07, 6.45) is 0.448. The first-order valence-electron chi connectivity index (χ1n) is 3.25. The molecule has 0 unspecified atom stereocenters. The lowest BCUT2D eigenvalue weighted by molar-refractivity contribution is -0.120. The van der Waals surface area contributed by atoms with Crippen molar-refractivity contribution in [1.82, 2.24) is 0 Å². The van der Waals surface area contributed by atoms with Gasteiger partial charge in [0.15, 0.2) is 10.1 Å². The Kier molecular flexibility index (Phi) is 3.68. The minimum Gasteiger partial charge on any atom is -0.296 e. The number of hydrogen-bond donors (Lipinski definition) is 0. The van der Waals surface area contributed by atoms with Crippen molar-refractivity contribution in [1.29, 1.82) is 0 Å². The molecule has 1 nitrogen and oxygen atoms in total. The Labute approximate surface area is 71.7 Å². The van der Waals surface area contributed by atoms with Crippen LogP contribution < -0.4 is 0 Å². The van der Waals surface area contributed by atoms with E-state index in [0.29, 0.717) is 12.3 Å². The third-order valence-electron chi connectivity index (χ3n) is 1.08. The largest absolute Gasteiger partial charge is 0.296 e. The smallest absolute Gasteiger partial charge is 0.173 e. The lowest BCUT2D eigenvalue weighted by Gasteiger charge is -2.12. The predicted octanol–water partition coefficient (Wildman–Crippen LogP) is 2.80. The Morgan fingerprint density at radius 1 is 1.50 bits per heavy atom. The number of ketones is 1. The van der Waals surface area contributed by atoms with Gasteiger partial charge in [-0.05, 0) is 12.8 Å². The molecule has 0 fully saturated rings. The summed E-state index contributed by atoms with van der Waals surface area (Å²) in [6, 6.07) is 0. The van der Waals surface area contributed by atoms with Crippen LogP contribution in [0.2, 0.25) is 0 Å². The van der Waals surface area contributed by atoms with Crippen LogP contribution in [-0.2, 0) is 4.79 Å². The summed E-state index contributed by atoms with van der Waals surface area (Å²) in [7, 11) is 0. The van der Waals surface area contributed by atoms with Crippen molar-refractivity contribution < 1.29 is 4.79 Å². The maximum atomic E-state index is 11.0. The Balaban J connectivity index is 3.87. The van der Waals surface area contributed by atoms with Crippen molar-refractivity contribution >= 4 is 29.0 Å². The fraction of sp³-hybridized carbons (Fsp3) is 0.857. The van der Waals surface area contributed by atoms with Crippen LogP contribution in [0.25, 0.3) is 0 Å². The molecule has 0 bridgehead atoms. The van der Waals surface area contributed by atoms with Crippen LogP contribution >= 0.6 is 23.2 Å². The van der Waals surface area contributed by atoms with E-state index in [2.05, 4.69) is 0 Å². The summed E-state index contributed by atoms with van der Waals surface area (Å²) >= 11 is 11.1. The maximum Gasteiger partial charge on any atom is 0.173 e. The molecular weight excluding hydrogens is 171 g/mol. The zero-order chi connectivity index (χ0) is 8.36. The van der Waals surface area contributed by atoms with Crippen LogP contribution in [0.3, 0.4) is 0 Å². The number of Topliss-reactive ketones (excluding diaryl/α,β-unsaturated/α-hetero) is 1. The van der Waals surface area contributed by atoms with Gasteiger partial charge in [-0.3, -0.25) is 4.79 Å². The van der Waals surface area contributed by atoms with Gasteiger partial charge in [-0.15, -0.1) is 0 Å². The van der Waals surface area contributed by atoms with Crippen molar-refractivity contribution in [2.24, 2.45) is 5.92 Å². The highest BCUT2D eigenvalue weighted by molar-refractivity contribution is 6.57. The summed E-state index contributed by atoms with van der Waals surface area (Å²) in [5.74, 6) is 0.218. The fourth-order valence-corrected chi connectivity index (χ4v) is 0.704. The van der Waals surface area contributed by atoms with Gasteiger partial charge < -0.3 is 0 Å². The Hall–Kier alpha value is 0.250. The molecule has 0 aromatic carbocycles. The molecular formula is C7H12Cl2O. The standard InChI is InChI=1S/C7H12Cl2O/c1-5(2)4-6(10)7(3,8)9/h5H,4H2,1-3H3. The van der Waals surface area contributed by atoms with Crippen LogP contribution in [-0.4, -0.2) is 10.1 Å². The zero-order valence-corrected chi connectivity index (χ0v) is 7.96. The van der Waals surface area contributed by atoms with Crippen molar-refractivity contribution in [2.45, 2.75) is 31.5 Å². The lowest BCUT2D eigenvalue weighted by Crippen LogP contribution is -2.22. The van der Waals surface area contributed by atoms with E-state index >= 15 is 0 Å². The highest BCUT2D eigenvalue weighted by atomic mass is 35.5. The monoisotopic (exact) mass is 182 g/mol. The molecule has 0 amide bonds. The summed E-state index contributed by atoms with van der Waals surface area (Å²) in [4.78, 5) is 11.0. The summed E-state index contributed by atoms with van der Waals surface area (Å²) in [5, 5.41) is 0. The molecule has 0 N–H and O–H groups in total. The Morgan fingerprint density at radius 2 is 1.90 bits per heavy atom. The quantitative estimate of drug-likeness (QED) is 0.615. The van der Waals surface area contributed by atoms with E-state index < -0.39 is 4.33 Å². The van der Waals surface area contributed by atoms with E-state index in [4.69, 9.17) is 23.2 Å². The number of carbonyl (C=O) groups excluding carboxylic acids is 1. The fourth-order valence-electron chi connectivity index (χ4n) is 0.550. The van der Waals surface area contributed by atoms with E-state index in [1.807, 2.05) is 13.8 Å². The van der Waals surface area contributed by atoms with Gasteiger partial charge in [-0.1, -0.05) is 37.0 Å². The van der Waals surface area contributed by atoms with Crippen LogP contribution in [0.1, 0.15) is 27.2 Å². The summed E-state index contributed by atoms with van der Waals surface area (Å²) in [5.41, 5.74) is 0. The minimum atomic E-state index is -1.20. The van der Waals surface area contributed by atoms with Gasteiger partial charge in [0.1, 0.15) is 0 Å². The molecule has 0 aliphatic rings. The second-order valence-corrected chi connectivity index (χ2v) is 4.61. The number of carbonyl (C=O) groups is 1. The van der Waals surface area contributed by atoms with E-state index in [9.17, 15) is 4.79 Å². The molecule has 0 saturated carbocycles. The normalized spacial score (nSPS) is 12.2. The van der Waals surface area contributed by atoms with Crippen molar-refractivity contribution in [3.63, 3.8) is 0 Å². The van der Waals surface area contributed by atoms with Gasteiger partial charge in [0.25, 0.3) is 0 Å². The van der Waals surface area contributed by atoms with Crippen LogP contribution in [0.5, 0.6) is 0 Å². The van der Waals surface area contributed by atoms with E-state index in [0.717, 1.165) is 0 Å². The first-order chi connectivity index (χ1) is 4.34. The highest BCUT2D eigenvalue weighted by Crippen LogP contribution is 2.23. The number of alkyl halides is 2. The maximum absolute atomic E-state index is 11.0. The van der Waals surface area contributed by atoms with Gasteiger partial charge in [0, 0.05) is 6.42 Å². The average Bonchev–Trinajstić information content (AvgIpc) is 1.60. The van der Waals surface area contributed by atoms with Gasteiger partial charge in [-0.2, -0.15) is 0 Å². The second kappa shape index (κ2) is 3.59. The SMILES string of the molecule is CC(C)CC(=O)C(C)(Cl)Cl. The zero-order valence-electron chi connectivity index (χ0n) is 6.45. The van der Waals surface area contributed by atoms with E-state index in [1.54, 1.807) is 0 Å². The molecule has 60 valence electrons. The highest BCUT2D eigenvalue weighted by Gasteiger charge is 2.26. The van der Waals surface area contributed by atoms with Crippen molar-refractivity contribution in [3.05, 3.63) is 0 Å². The number of halogens is 2. The van der Waals surface area contributed by atoms with Gasteiger partial charge >= 0.3 is 0 Å². The molecule has 0 atom stereocenters. The molecule has 0 spiro atoms.